The van der Waals surface area contributed by atoms with Crippen LogP contribution in [0.4, 0.5) is 0 Å². The van der Waals surface area contributed by atoms with E-state index in [0.717, 1.165) is 6.41 Å². The van der Waals surface area contributed by atoms with Crippen molar-refractivity contribution in [3.05, 3.63) is 12.4 Å². The number of amides is 1. The van der Waals surface area contributed by atoms with Gasteiger partial charge in [0.05, 0.1) is 0 Å². The molecule has 1 N–H and O–H groups in total. The van der Waals surface area contributed by atoms with Crippen molar-refractivity contribution < 1.29 is 4.79 Å². The first-order chi connectivity index (χ1) is 3.81. The van der Waals surface area contributed by atoms with Gasteiger partial charge in [-0.05, 0) is 0 Å². The molecule has 0 fully saturated rings. The summed E-state index contributed by atoms with van der Waals surface area (Å²) in [6, 6.07) is 0. The van der Waals surface area contributed by atoms with E-state index in [1.165, 1.54) is 4.90 Å². The summed E-state index contributed by atoms with van der Waals surface area (Å²) in [6.45, 7) is 0. The van der Waals surface area contributed by atoms with Gasteiger partial charge in [-0.2, -0.15) is 0 Å². The monoisotopic (exact) mass is 114 g/mol. The molecule has 0 saturated carbocycles. The zero-order chi connectivity index (χ0) is 6.41. The predicted molar refractivity (Wildman–Crippen MR) is 32.0 cm³/mol. The Labute approximate surface area is 49.0 Å². The maximum absolute atomic E-state index is 9.86. The molecule has 0 aliphatic heterocycles. The zero-order valence-corrected chi connectivity index (χ0v) is 5.09. The summed E-state index contributed by atoms with van der Waals surface area (Å²) >= 11 is 0. The smallest absolute Gasteiger partial charge is 0.213 e. The second kappa shape index (κ2) is 4.18. The molecule has 0 spiro atoms. The molecule has 0 aliphatic rings. The number of nitrogens with one attached hydrogen (secondary N) is 1. The average Bonchev–Trinajstić information content (AvgIpc) is 1.83. The minimum absolute atomic E-state index is 0.730. The first kappa shape index (κ1) is 7.01. The number of carbonyl (C=O) groups excluding carboxylic acids is 1. The van der Waals surface area contributed by atoms with Crippen molar-refractivity contribution in [2.75, 3.05) is 14.1 Å². The van der Waals surface area contributed by atoms with Gasteiger partial charge in [-0.15, -0.1) is 0 Å². The van der Waals surface area contributed by atoms with Gasteiger partial charge in [0.1, 0.15) is 0 Å². The highest BCUT2D eigenvalue weighted by atomic mass is 16.1. The van der Waals surface area contributed by atoms with Crippen LogP contribution in [0, 0.1) is 0 Å². The Morgan fingerprint density at radius 1 is 1.62 bits per heavy atom. The van der Waals surface area contributed by atoms with E-state index in [1.54, 1.807) is 26.5 Å². The molecule has 0 bridgehead atoms. The van der Waals surface area contributed by atoms with E-state index in [2.05, 4.69) is 5.32 Å². The maximum Gasteiger partial charge on any atom is 0.213 e. The molecule has 0 saturated heterocycles. The largest absolute Gasteiger partial charge is 0.393 e. The lowest BCUT2D eigenvalue weighted by Crippen LogP contribution is -2.08. The van der Waals surface area contributed by atoms with Crippen LogP contribution in [-0.2, 0) is 4.79 Å². The molecular formula is C5H10N2O. The summed E-state index contributed by atoms with van der Waals surface area (Å²) in [7, 11) is 3.44. The van der Waals surface area contributed by atoms with Gasteiger partial charge < -0.3 is 10.2 Å². The number of rotatable bonds is 3. The lowest BCUT2D eigenvalue weighted by Gasteiger charge is -1.99. The highest BCUT2D eigenvalue weighted by Gasteiger charge is 1.77. The van der Waals surface area contributed by atoms with Crippen molar-refractivity contribution in [3.8, 4) is 0 Å². The molecule has 0 aliphatic carbocycles. The minimum Gasteiger partial charge on any atom is -0.393 e. The summed E-state index contributed by atoms with van der Waals surface area (Å²) in [5.41, 5.74) is 0. The summed E-state index contributed by atoms with van der Waals surface area (Å²) < 4.78 is 0. The van der Waals surface area contributed by atoms with E-state index in [0.29, 0.717) is 0 Å². The molecule has 0 unspecified atom stereocenters. The summed E-state index contributed by atoms with van der Waals surface area (Å²) in [5, 5.41) is 2.75. The van der Waals surface area contributed by atoms with E-state index >= 15 is 0 Å². The number of hydrogen-bond acceptors (Lipinski definition) is 2. The first-order valence-corrected chi connectivity index (χ1v) is 2.32. The fourth-order valence-electron chi connectivity index (χ4n) is 0.227. The van der Waals surface area contributed by atoms with E-state index in [1.807, 2.05) is 0 Å². The molecule has 46 valence electrons. The fraction of sp³-hybridized carbons (Fsp3) is 0.400. The molecule has 0 radical (unpaired) electrons. The van der Waals surface area contributed by atoms with E-state index in [-0.39, 0.29) is 0 Å². The van der Waals surface area contributed by atoms with Gasteiger partial charge in [0.15, 0.2) is 0 Å². The van der Waals surface area contributed by atoms with Crippen molar-refractivity contribution >= 4 is 6.41 Å². The van der Waals surface area contributed by atoms with Crippen LogP contribution in [-0.4, -0.2) is 25.4 Å². The number of nitrogens with zero attached hydrogens (tertiary/aromatic N) is 1. The summed E-state index contributed by atoms with van der Waals surface area (Å²) in [4.78, 5) is 11.3. The van der Waals surface area contributed by atoms with Crippen LogP contribution in [0.1, 0.15) is 0 Å². The van der Waals surface area contributed by atoms with E-state index in [4.69, 9.17) is 0 Å². The Kier molecular flexibility index (Phi) is 3.66. The second-order valence-electron chi connectivity index (χ2n) is 1.38. The topological polar surface area (TPSA) is 32.3 Å². The van der Waals surface area contributed by atoms with Gasteiger partial charge in [-0.25, -0.2) is 0 Å². The Balaban J connectivity index is 3.35. The third-order valence-corrected chi connectivity index (χ3v) is 0.643. The average molecular weight is 114 g/mol. The van der Waals surface area contributed by atoms with Crippen molar-refractivity contribution in [3.63, 3.8) is 0 Å². The van der Waals surface area contributed by atoms with Crippen LogP contribution in [0.2, 0.25) is 0 Å². The van der Waals surface area contributed by atoms with Crippen molar-refractivity contribution in [1.29, 1.82) is 0 Å². The Bertz CT molecular complexity index is 90.4. The third-order valence-electron chi connectivity index (χ3n) is 0.643. The van der Waals surface area contributed by atoms with Gasteiger partial charge in [0, 0.05) is 26.5 Å². The van der Waals surface area contributed by atoms with Gasteiger partial charge in [-0.1, -0.05) is 0 Å². The van der Waals surface area contributed by atoms with Gasteiger partial charge >= 0.3 is 0 Å². The molecule has 8 heavy (non-hydrogen) atoms. The normalized spacial score (nSPS) is 9.25. The predicted octanol–water partition coefficient (Wildman–Crippen LogP) is -0.235. The molecule has 3 heteroatoms. The van der Waals surface area contributed by atoms with E-state index in [9.17, 15) is 4.79 Å². The van der Waals surface area contributed by atoms with Crippen LogP contribution in [0.3, 0.4) is 0 Å². The highest BCUT2D eigenvalue weighted by Crippen LogP contribution is 1.72. The van der Waals surface area contributed by atoms with Crippen molar-refractivity contribution in [2.45, 2.75) is 0 Å². The van der Waals surface area contributed by atoms with Gasteiger partial charge in [-0.3, -0.25) is 4.79 Å². The molecule has 1 amide bonds. The number of hydrogen-bond donors (Lipinski definition) is 1. The molecular weight excluding hydrogens is 104 g/mol. The van der Waals surface area contributed by atoms with Gasteiger partial charge in [0.2, 0.25) is 6.41 Å². The Morgan fingerprint density at radius 2 is 2.25 bits per heavy atom. The molecule has 0 aromatic rings. The Morgan fingerprint density at radius 3 is 2.62 bits per heavy atom. The van der Waals surface area contributed by atoms with Crippen LogP contribution in [0.5, 0.6) is 0 Å². The Hall–Kier alpha value is -0.990. The van der Waals surface area contributed by atoms with Crippen molar-refractivity contribution in [1.82, 2.24) is 10.2 Å². The molecule has 0 rings (SSSR count). The zero-order valence-electron chi connectivity index (χ0n) is 5.09. The van der Waals surface area contributed by atoms with Gasteiger partial charge in [0.25, 0.3) is 0 Å². The number of carbonyl (C=O) groups is 1. The van der Waals surface area contributed by atoms with E-state index < -0.39 is 0 Å². The SMILES string of the molecule is CN/C=C\N(C)C=O. The fourth-order valence-corrected chi connectivity index (χ4v) is 0.227. The van der Waals surface area contributed by atoms with Crippen LogP contribution >= 0.6 is 0 Å². The standard InChI is InChI=1S/C5H10N2O/c1-6-3-4-7(2)5-8/h3-6H,1-2H3/b4-3-. The molecule has 3 nitrogen and oxygen atoms in total. The quantitative estimate of drug-likeness (QED) is 0.514. The van der Waals surface area contributed by atoms with Crippen LogP contribution < -0.4 is 5.32 Å². The lowest BCUT2D eigenvalue weighted by molar-refractivity contribution is -0.115. The summed E-state index contributed by atoms with van der Waals surface area (Å²) in [5.74, 6) is 0. The molecule has 0 atom stereocenters. The maximum atomic E-state index is 9.86. The van der Waals surface area contributed by atoms with Crippen LogP contribution in [0.15, 0.2) is 12.4 Å². The first-order valence-electron chi connectivity index (χ1n) is 2.32. The second-order valence-corrected chi connectivity index (χ2v) is 1.38. The highest BCUT2D eigenvalue weighted by molar-refractivity contribution is 5.48. The molecule has 0 aromatic carbocycles. The summed E-state index contributed by atoms with van der Waals surface area (Å²) in [6.07, 6.45) is 4.04. The third kappa shape index (κ3) is 3.21. The van der Waals surface area contributed by atoms with Crippen molar-refractivity contribution in [2.24, 2.45) is 0 Å². The van der Waals surface area contributed by atoms with Crippen LogP contribution in [0.25, 0.3) is 0 Å². The molecule has 0 aromatic heterocycles. The molecule has 0 heterocycles. The minimum atomic E-state index is 0.730. The lowest BCUT2D eigenvalue weighted by atomic mass is 10.8.